The van der Waals surface area contributed by atoms with Crippen LogP contribution in [0, 0.1) is 15.9 Å². The Hall–Kier alpha value is -3.37. The molecule has 0 radical (unpaired) electrons. The molecule has 0 bridgehead atoms. The van der Waals surface area contributed by atoms with Crippen LogP contribution in [0.3, 0.4) is 0 Å². The molecule has 4 aromatic rings. The number of hydrogen-bond donors (Lipinski definition) is 1. The van der Waals surface area contributed by atoms with Gasteiger partial charge in [0.1, 0.15) is 10.8 Å². The van der Waals surface area contributed by atoms with E-state index in [1.54, 1.807) is 16.6 Å². The molecule has 0 spiro atoms. The number of halogens is 2. The topological polar surface area (TPSA) is 102 Å². The largest absolute Gasteiger partial charge is 0.352 e. The van der Waals surface area contributed by atoms with Crippen molar-refractivity contribution in [3.8, 4) is 11.4 Å². The Morgan fingerprint density at radius 2 is 2.13 bits per heavy atom. The number of benzene rings is 2. The Labute approximate surface area is 178 Å². The maximum Gasteiger partial charge on any atom is 0.288 e. The number of fused-ring (bicyclic) bond motifs is 1. The molecule has 0 aliphatic rings. The highest BCUT2D eigenvalue weighted by atomic mass is 35.5. The van der Waals surface area contributed by atoms with Gasteiger partial charge in [-0.1, -0.05) is 23.7 Å². The third-order valence-corrected chi connectivity index (χ3v) is 5.49. The summed E-state index contributed by atoms with van der Waals surface area (Å²) in [6.45, 7) is 0.288. The minimum Gasteiger partial charge on any atom is -0.352 e. The van der Waals surface area contributed by atoms with Crippen LogP contribution in [-0.4, -0.2) is 32.0 Å². The standard InChI is InChI=1S/C19H13ClFN5O3S/c20-15-5-4-12(9-16(15)26(28)29)18(27)22-7-6-14-10-30-19-23-17(24-25(14)19)11-2-1-3-13(21)8-11/h1-5,8-10H,6-7H2,(H,22,27). The molecule has 2 heterocycles. The molecule has 0 fully saturated rings. The summed E-state index contributed by atoms with van der Waals surface area (Å²) >= 11 is 7.16. The molecule has 8 nitrogen and oxygen atoms in total. The normalized spacial score (nSPS) is 11.0. The number of carbonyl (C=O) groups is 1. The first-order valence-corrected chi connectivity index (χ1v) is 9.99. The van der Waals surface area contributed by atoms with Crippen molar-refractivity contribution in [2.24, 2.45) is 0 Å². The summed E-state index contributed by atoms with van der Waals surface area (Å²) in [5.41, 5.74) is 1.23. The van der Waals surface area contributed by atoms with Gasteiger partial charge in [0, 0.05) is 35.5 Å². The summed E-state index contributed by atoms with van der Waals surface area (Å²) in [5, 5.41) is 20.0. The number of thiazole rings is 1. The van der Waals surface area contributed by atoms with Crippen LogP contribution < -0.4 is 5.32 Å². The van der Waals surface area contributed by atoms with Crippen molar-refractivity contribution >= 4 is 39.5 Å². The second-order valence-corrected chi connectivity index (χ2v) is 7.54. The molecule has 1 N–H and O–H groups in total. The summed E-state index contributed by atoms with van der Waals surface area (Å²) in [7, 11) is 0. The van der Waals surface area contributed by atoms with E-state index in [-0.39, 0.29) is 28.6 Å². The highest BCUT2D eigenvalue weighted by Crippen LogP contribution is 2.25. The quantitative estimate of drug-likeness (QED) is 0.355. The summed E-state index contributed by atoms with van der Waals surface area (Å²) in [5.74, 6) is -0.392. The third kappa shape index (κ3) is 4.00. The van der Waals surface area contributed by atoms with Crippen molar-refractivity contribution in [2.45, 2.75) is 6.42 Å². The maximum absolute atomic E-state index is 13.4. The number of nitrogens with zero attached hydrogens (tertiary/aromatic N) is 4. The Balaban J connectivity index is 1.45. The fraction of sp³-hybridized carbons (Fsp3) is 0.105. The molecule has 0 aliphatic heterocycles. The Morgan fingerprint density at radius 3 is 2.90 bits per heavy atom. The molecule has 0 saturated carbocycles. The zero-order valence-electron chi connectivity index (χ0n) is 15.2. The van der Waals surface area contributed by atoms with E-state index in [1.165, 1.54) is 35.6 Å². The van der Waals surface area contributed by atoms with Crippen LogP contribution in [0.1, 0.15) is 16.1 Å². The Kier molecular flexibility index (Phi) is 5.42. The van der Waals surface area contributed by atoms with E-state index in [0.717, 1.165) is 11.8 Å². The molecule has 1 amide bonds. The van der Waals surface area contributed by atoms with E-state index >= 15 is 0 Å². The average molecular weight is 446 g/mol. The van der Waals surface area contributed by atoms with Crippen molar-refractivity contribution in [3.63, 3.8) is 0 Å². The number of nitrogens with one attached hydrogen (secondary N) is 1. The SMILES string of the molecule is O=C(NCCc1csc2nc(-c3cccc(F)c3)nn12)c1ccc(Cl)c([N+](=O)[O-])c1. The fourth-order valence-corrected chi connectivity index (χ4v) is 3.89. The molecule has 0 unspecified atom stereocenters. The van der Waals surface area contributed by atoms with E-state index in [0.29, 0.717) is 22.8 Å². The molecule has 152 valence electrons. The summed E-state index contributed by atoms with van der Waals surface area (Å²) in [6, 6.07) is 9.93. The molecule has 4 rings (SSSR count). The lowest BCUT2D eigenvalue weighted by Gasteiger charge is -2.05. The molecule has 2 aromatic heterocycles. The molecular formula is C19H13ClFN5O3S. The van der Waals surface area contributed by atoms with Crippen molar-refractivity contribution < 1.29 is 14.1 Å². The van der Waals surface area contributed by atoms with Gasteiger partial charge in [-0.25, -0.2) is 8.91 Å². The first-order valence-electron chi connectivity index (χ1n) is 8.73. The van der Waals surface area contributed by atoms with Crippen LogP contribution in [0.15, 0.2) is 47.8 Å². The lowest BCUT2D eigenvalue weighted by Crippen LogP contribution is -2.26. The van der Waals surface area contributed by atoms with Gasteiger partial charge < -0.3 is 5.32 Å². The number of nitro benzene ring substituents is 1. The monoisotopic (exact) mass is 445 g/mol. The maximum atomic E-state index is 13.4. The van der Waals surface area contributed by atoms with E-state index < -0.39 is 10.8 Å². The predicted molar refractivity (Wildman–Crippen MR) is 110 cm³/mol. The summed E-state index contributed by atoms with van der Waals surface area (Å²) in [4.78, 5) is 27.7. The molecule has 11 heteroatoms. The van der Waals surface area contributed by atoms with Gasteiger partial charge in [-0.15, -0.1) is 16.4 Å². The number of nitro groups is 1. The highest BCUT2D eigenvalue weighted by Gasteiger charge is 2.17. The summed E-state index contributed by atoms with van der Waals surface area (Å²) in [6.07, 6.45) is 0.466. The van der Waals surface area contributed by atoms with Crippen LogP contribution in [0.4, 0.5) is 10.1 Å². The number of amides is 1. The van der Waals surface area contributed by atoms with Crippen LogP contribution in [-0.2, 0) is 6.42 Å². The van der Waals surface area contributed by atoms with Crippen molar-refractivity contribution in [1.82, 2.24) is 19.9 Å². The molecule has 0 aliphatic carbocycles. The van der Waals surface area contributed by atoms with Gasteiger partial charge >= 0.3 is 0 Å². The van der Waals surface area contributed by atoms with Crippen LogP contribution in [0.5, 0.6) is 0 Å². The number of aromatic nitrogens is 3. The van der Waals surface area contributed by atoms with E-state index in [1.807, 2.05) is 5.38 Å². The zero-order valence-corrected chi connectivity index (χ0v) is 16.8. The second kappa shape index (κ2) is 8.17. The van der Waals surface area contributed by atoms with E-state index in [2.05, 4.69) is 15.4 Å². The van der Waals surface area contributed by atoms with Gasteiger partial charge in [-0.2, -0.15) is 4.98 Å². The van der Waals surface area contributed by atoms with Crippen molar-refractivity contribution in [1.29, 1.82) is 0 Å². The zero-order chi connectivity index (χ0) is 21.3. The van der Waals surface area contributed by atoms with Gasteiger partial charge in [-0.05, 0) is 24.3 Å². The van der Waals surface area contributed by atoms with Gasteiger partial charge in [0.2, 0.25) is 4.96 Å². The smallest absolute Gasteiger partial charge is 0.288 e. The van der Waals surface area contributed by atoms with Crippen molar-refractivity contribution in [3.05, 3.63) is 80.1 Å². The molecule has 30 heavy (non-hydrogen) atoms. The number of carbonyl (C=O) groups excluding carboxylic acids is 1. The van der Waals surface area contributed by atoms with Gasteiger partial charge in [0.25, 0.3) is 11.6 Å². The van der Waals surface area contributed by atoms with E-state index in [4.69, 9.17) is 11.6 Å². The summed E-state index contributed by atoms with van der Waals surface area (Å²) < 4.78 is 15.1. The molecular weight excluding hydrogens is 433 g/mol. The minimum atomic E-state index is -0.637. The van der Waals surface area contributed by atoms with Gasteiger partial charge in [0.15, 0.2) is 5.82 Å². The lowest BCUT2D eigenvalue weighted by atomic mass is 10.2. The fourth-order valence-electron chi connectivity index (χ4n) is 2.85. The van der Waals surface area contributed by atoms with Crippen LogP contribution in [0.25, 0.3) is 16.3 Å². The highest BCUT2D eigenvalue weighted by molar-refractivity contribution is 7.15. The number of hydrogen-bond acceptors (Lipinski definition) is 6. The Morgan fingerprint density at radius 1 is 1.30 bits per heavy atom. The molecule has 0 atom stereocenters. The number of rotatable bonds is 6. The van der Waals surface area contributed by atoms with Crippen LogP contribution in [0.2, 0.25) is 5.02 Å². The van der Waals surface area contributed by atoms with Crippen LogP contribution >= 0.6 is 22.9 Å². The van der Waals surface area contributed by atoms with Gasteiger partial charge in [0.05, 0.1) is 10.6 Å². The molecule has 0 saturated heterocycles. The lowest BCUT2D eigenvalue weighted by molar-refractivity contribution is -0.384. The third-order valence-electron chi connectivity index (χ3n) is 4.30. The minimum absolute atomic E-state index is 0.0301. The first-order chi connectivity index (χ1) is 14.4. The average Bonchev–Trinajstić information content (AvgIpc) is 3.30. The molecule has 2 aromatic carbocycles. The first kappa shape index (κ1) is 19.9. The van der Waals surface area contributed by atoms with Crippen molar-refractivity contribution in [2.75, 3.05) is 6.54 Å². The predicted octanol–water partition coefficient (Wildman–Crippen LogP) is 4.13. The Bertz CT molecular complexity index is 1270. The second-order valence-electron chi connectivity index (χ2n) is 6.30. The van der Waals surface area contributed by atoms with Gasteiger partial charge in [-0.3, -0.25) is 14.9 Å². The van der Waals surface area contributed by atoms with E-state index in [9.17, 15) is 19.3 Å².